The highest BCUT2D eigenvalue weighted by Crippen LogP contribution is 2.35. The molecule has 31 heavy (non-hydrogen) atoms. The van der Waals surface area contributed by atoms with Gasteiger partial charge in [0.05, 0.1) is 36.4 Å². The molecule has 0 fully saturated rings. The van der Waals surface area contributed by atoms with Crippen molar-refractivity contribution in [2.75, 3.05) is 25.3 Å². The van der Waals surface area contributed by atoms with Crippen molar-refractivity contribution in [2.45, 2.75) is 11.8 Å². The molecule has 10 heteroatoms. The highest BCUT2D eigenvalue weighted by molar-refractivity contribution is 7.99. The number of aromatic amines is 1. The zero-order valence-electron chi connectivity index (χ0n) is 16.8. The smallest absolute Gasteiger partial charge is 0.251 e. The van der Waals surface area contributed by atoms with Gasteiger partial charge in [-0.25, -0.2) is 4.98 Å². The number of thioether (sulfide) groups is 1. The van der Waals surface area contributed by atoms with Crippen molar-refractivity contribution in [1.29, 1.82) is 0 Å². The van der Waals surface area contributed by atoms with Crippen LogP contribution in [0.15, 0.2) is 58.5 Å². The standard InChI is InChI=1S/C21H20ClN3O5S/c1-28-17-10-16(18(29-2)9-15(17)22)24-20(27)12-31-21-23-13(8-19(26)25-21)11-30-14-6-4-3-5-7-14/h3-10H,11-12H2,1-2H3,(H,24,27)(H,23,25,26). The molecule has 2 N–H and O–H groups in total. The molecule has 0 unspecified atom stereocenters. The topological polar surface area (TPSA) is 103 Å². The van der Waals surface area contributed by atoms with Crippen molar-refractivity contribution in [2.24, 2.45) is 0 Å². The van der Waals surface area contributed by atoms with Crippen molar-refractivity contribution >= 4 is 35.0 Å². The molecule has 0 aliphatic rings. The first-order valence-corrected chi connectivity index (χ1v) is 10.5. The Balaban J connectivity index is 1.62. The summed E-state index contributed by atoms with van der Waals surface area (Å²) in [6, 6.07) is 13.7. The fourth-order valence-electron chi connectivity index (χ4n) is 2.58. The fraction of sp³-hybridized carbons (Fsp3) is 0.190. The number of ether oxygens (including phenoxy) is 3. The zero-order valence-corrected chi connectivity index (χ0v) is 18.4. The number of benzene rings is 2. The molecule has 1 heterocycles. The number of halogens is 1. The molecule has 8 nitrogen and oxygen atoms in total. The normalized spacial score (nSPS) is 10.4. The van der Waals surface area contributed by atoms with E-state index in [1.54, 1.807) is 12.1 Å². The first-order chi connectivity index (χ1) is 15.0. The van der Waals surface area contributed by atoms with Gasteiger partial charge in [-0.1, -0.05) is 41.6 Å². The average molecular weight is 462 g/mol. The van der Waals surface area contributed by atoms with E-state index in [-0.39, 0.29) is 23.8 Å². The maximum absolute atomic E-state index is 12.4. The molecule has 1 aromatic heterocycles. The molecule has 1 amide bonds. The Kier molecular flexibility index (Phi) is 7.80. The lowest BCUT2D eigenvalue weighted by molar-refractivity contribution is -0.113. The highest BCUT2D eigenvalue weighted by atomic mass is 35.5. The van der Waals surface area contributed by atoms with E-state index in [2.05, 4.69) is 15.3 Å². The van der Waals surface area contributed by atoms with Gasteiger partial charge in [0.2, 0.25) is 5.91 Å². The van der Waals surface area contributed by atoms with Gasteiger partial charge in [0.25, 0.3) is 5.56 Å². The molecule has 3 rings (SSSR count). The zero-order chi connectivity index (χ0) is 22.2. The molecule has 0 radical (unpaired) electrons. The summed E-state index contributed by atoms with van der Waals surface area (Å²) >= 11 is 7.17. The van der Waals surface area contributed by atoms with Crippen molar-refractivity contribution in [1.82, 2.24) is 9.97 Å². The van der Waals surface area contributed by atoms with Gasteiger partial charge < -0.3 is 24.5 Å². The number of H-pyrrole nitrogens is 1. The second-order valence-corrected chi connectivity index (χ2v) is 7.54. The first kappa shape index (κ1) is 22.5. The number of anilines is 1. The summed E-state index contributed by atoms with van der Waals surface area (Å²) in [5, 5.41) is 3.42. The molecule has 0 saturated heterocycles. The molecule has 0 spiro atoms. The first-order valence-electron chi connectivity index (χ1n) is 9.10. The van der Waals surface area contributed by atoms with E-state index in [1.165, 1.54) is 20.3 Å². The molecule has 0 aliphatic heterocycles. The third-order valence-electron chi connectivity index (χ3n) is 3.99. The molecule has 3 aromatic rings. The van der Waals surface area contributed by atoms with Crippen LogP contribution in [-0.4, -0.2) is 35.8 Å². The Morgan fingerprint density at radius 1 is 1.13 bits per heavy atom. The molecule has 162 valence electrons. The predicted octanol–water partition coefficient (Wildman–Crippen LogP) is 3.75. The SMILES string of the molecule is COc1cc(NC(=O)CSc2nc(COc3ccccc3)cc(=O)[nH]2)c(OC)cc1Cl. The lowest BCUT2D eigenvalue weighted by Gasteiger charge is -2.13. The van der Waals surface area contributed by atoms with Crippen LogP contribution in [0.3, 0.4) is 0 Å². The lowest BCUT2D eigenvalue weighted by atomic mass is 10.2. The summed E-state index contributed by atoms with van der Waals surface area (Å²) < 4.78 is 16.0. The van der Waals surface area contributed by atoms with Crippen molar-refractivity contribution in [3.8, 4) is 17.2 Å². The maximum atomic E-state index is 12.4. The summed E-state index contributed by atoms with van der Waals surface area (Å²) in [7, 11) is 2.95. The second-order valence-electron chi connectivity index (χ2n) is 6.17. The van der Waals surface area contributed by atoms with Crippen LogP contribution in [0.1, 0.15) is 5.69 Å². The van der Waals surface area contributed by atoms with E-state index < -0.39 is 0 Å². The van der Waals surface area contributed by atoms with E-state index in [9.17, 15) is 9.59 Å². The number of methoxy groups -OCH3 is 2. The summed E-state index contributed by atoms with van der Waals surface area (Å²) in [6.45, 7) is 0.134. The van der Waals surface area contributed by atoms with Crippen LogP contribution in [0, 0.1) is 0 Å². The van der Waals surface area contributed by atoms with Gasteiger partial charge in [0, 0.05) is 18.2 Å². The van der Waals surface area contributed by atoms with Crippen LogP contribution in [-0.2, 0) is 11.4 Å². The summed E-state index contributed by atoms with van der Waals surface area (Å²) in [6.07, 6.45) is 0. The number of carbonyl (C=O) groups excluding carboxylic acids is 1. The van der Waals surface area contributed by atoms with Gasteiger partial charge in [-0.3, -0.25) is 9.59 Å². The maximum Gasteiger partial charge on any atom is 0.251 e. The van der Waals surface area contributed by atoms with Crippen LogP contribution in [0.5, 0.6) is 17.2 Å². The molecule has 0 atom stereocenters. The van der Waals surface area contributed by atoms with E-state index in [1.807, 2.05) is 30.3 Å². The van der Waals surface area contributed by atoms with Crippen LogP contribution in [0.2, 0.25) is 5.02 Å². The van der Waals surface area contributed by atoms with Crippen molar-refractivity contribution < 1.29 is 19.0 Å². The average Bonchev–Trinajstić information content (AvgIpc) is 2.77. The van der Waals surface area contributed by atoms with E-state index in [0.29, 0.717) is 38.8 Å². The highest BCUT2D eigenvalue weighted by Gasteiger charge is 2.13. The Hall–Kier alpha value is -3.17. The number of para-hydroxylation sites is 1. The number of amides is 1. The summed E-state index contributed by atoms with van der Waals surface area (Å²) in [5.41, 5.74) is 0.550. The summed E-state index contributed by atoms with van der Waals surface area (Å²) in [4.78, 5) is 31.3. The van der Waals surface area contributed by atoms with Crippen molar-refractivity contribution in [3.63, 3.8) is 0 Å². The Labute approximate surface area is 187 Å². The number of hydrogen-bond donors (Lipinski definition) is 2. The third-order valence-corrected chi connectivity index (χ3v) is 5.16. The van der Waals surface area contributed by atoms with E-state index in [4.69, 9.17) is 25.8 Å². The number of rotatable bonds is 9. The number of nitrogens with one attached hydrogen (secondary N) is 2. The van der Waals surface area contributed by atoms with Crippen LogP contribution < -0.4 is 25.1 Å². The molecule has 0 aliphatic carbocycles. The largest absolute Gasteiger partial charge is 0.495 e. The monoisotopic (exact) mass is 461 g/mol. The van der Waals surface area contributed by atoms with Crippen LogP contribution in [0.25, 0.3) is 0 Å². The van der Waals surface area contributed by atoms with E-state index >= 15 is 0 Å². The fourth-order valence-corrected chi connectivity index (χ4v) is 3.50. The van der Waals surface area contributed by atoms with Crippen LogP contribution in [0.4, 0.5) is 5.69 Å². The van der Waals surface area contributed by atoms with Crippen LogP contribution >= 0.6 is 23.4 Å². The molecule has 2 aromatic carbocycles. The van der Waals surface area contributed by atoms with Gasteiger partial charge in [0.15, 0.2) is 5.16 Å². The van der Waals surface area contributed by atoms with Gasteiger partial charge in [-0.05, 0) is 12.1 Å². The Bertz CT molecular complexity index is 1110. The lowest BCUT2D eigenvalue weighted by Crippen LogP contribution is -2.16. The van der Waals surface area contributed by atoms with Gasteiger partial charge >= 0.3 is 0 Å². The molecular formula is C21H20ClN3O5S. The molecular weight excluding hydrogens is 442 g/mol. The number of nitrogens with zero attached hydrogens (tertiary/aromatic N) is 1. The second kappa shape index (κ2) is 10.7. The minimum atomic E-state index is -0.325. The van der Waals surface area contributed by atoms with Gasteiger partial charge in [0.1, 0.15) is 23.9 Å². The quantitative estimate of drug-likeness (QED) is 0.369. The third kappa shape index (κ3) is 6.40. The minimum Gasteiger partial charge on any atom is -0.495 e. The minimum absolute atomic E-state index is 0.0139. The molecule has 0 saturated carbocycles. The Morgan fingerprint density at radius 3 is 2.58 bits per heavy atom. The van der Waals surface area contributed by atoms with Gasteiger partial charge in [-0.15, -0.1) is 0 Å². The van der Waals surface area contributed by atoms with Crippen molar-refractivity contribution in [3.05, 3.63) is 69.6 Å². The number of aromatic nitrogens is 2. The molecule has 0 bridgehead atoms. The predicted molar refractivity (Wildman–Crippen MR) is 120 cm³/mol. The summed E-state index contributed by atoms with van der Waals surface area (Å²) in [5.74, 6) is 1.17. The number of hydrogen-bond acceptors (Lipinski definition) is 7. The Morgan fingerprint density at radius 2 is 1.87 bits per heavy atom. The number of carbonyl (C=O) groups is 1. The van der Waals surface area contributed by atoms with Gasteiger partial charge in [-0.2, -0.15) is 0 Å². The van der Waals surface area contributed by atoms with E-state index in [0.717, 1.165) is 11.8 Å².